The van der Waals surface area contributed by atoms with E-state index in [4.69, 9.17) is 4.74 Å². The summed E-state index contributed by atoms with van der Waals surface area (Å²) in [5.41, 5.74) is 1.15. The van der Waals surface area contributed by atoms with E-state index in [9.17, 15) is 4.79 Å². The fourth-order valence-electron chi connectivity index (χ4n) is 1.90. The first-order chi connectivity index (χ1) is 7.34. The Morgan fingerprint density at radius 3 is 3.20 bits per heavy atom. The zero-order valence-corrected chi connectivity index (χ0v) is 9.59. The second-order valence-electron chi connectivity index (χ2n) is 4.02. The van der Waals surface area contributed by atoms with Gasteiger partial charge < -0.3 is 4.74 Å². The molecule has 1 atom stereocenters. The zero-order valence-electron chi connectivity index (χ0n) is 8.78. The largest absolute Gasteiger partial charge is 0.378 e. The van der Waals surface area contributed by atoms with Crippen molar-refractivity contribution in [1.29, 1.82) is 0 Å². The van der Waals surface area contributed by atoms with Crippen LogP contribution in [-0.2, 0) is 16.0 Å². The number of carbonyl (C=O) groups is 1. The van der Waals surface area contributed by atoms with E-state index < -0.39 is 0 Å². The average molecular weight is 224 g/mol. The van der Waals surface area contributed by atoms with Gasteiger partial charge in [-0.1, -0.05) is 0 Å². The molecule has 0 aromatic carbocycles. The molecule has 1 aliphatic rings. The van der Waals surface area contributed by atoms with E-state index in [0.29, 0.717) is 24.7 Å². The van der Waals surface area contributed by atoms with Crippen molar-refractivity contribution in [2.45, 2.75) is 38.2 Å². The molecule has 2 nitrogen and oxygen atoms in total. The van der Waals surface area contributed by atoms with Gasteiger partial charge in [0.2, 0.25) is 0 Å². The lowest BCUT2D eigenvalue weighted by molar-refractivity contribution is -0.119. The van der Waals surface area contributed by atoms with Gasteiger partial charge in [0, 0.05) is 19.4 Å². The third kappa shape index (κ3) is 3.43. The maximum absolute atomic E-state index is 11.6. The minimum absolute atomic E-state index is 0.337. The van der Waals surface area contributed by atoms with Gasteiger partial charge in [-0.3, -0.25) is 4.79 Å². The molecular weight excluding hydrogens is 208 g/mol. The molecule has 1 aliphatic heterocycles. The molecule has 2 rings (SSSR count). The van der Waals surface area contributed by atoms with Crippen LogP contribution < -0.4 is 0 Å². The Morgan fingerprint density at radius 1 is 1.60 bits per heavy atom. The molecule has 0 saturated carbocycles. The quantitative estimate of drug-likeness (QED) is 0.768. The van der Waals surface area contributed by atoms with E-state index in [1.54, 1.807) is 11.3 Å². The first-order valence-corrected chi connectivity index (χ1v) is 6.43. The molecular formula is C12H16O2S. The minimum Gasteiger partial charge on any atom is -0.378 e. The summed E-state index contributed by atoms with van der Waals surface area (Å²) in [5, 5.41) is 4.06. The highest BCUT2D eigenvalue weighted by atomic mass is 32.1. The Hall–Kier alpha value is -0.670. The molecule has 1 aromatic heterocycles. The molecule has 2 heterocycles. The van der Waals surface area contributed by atoms with Gasteiger partial charge in [0.05, 0.1) is 6.10 Å². The van der Waals surface area contributed by atoms with Gasteiger partial charge in [0.1, 0.15) is 5.78 Å². The summed E-state index contributed by atoms with van der Waals surface area (Å²) in [6.07, 6.45) is 4.80. The van der Waals surface area contributed by atoms with Gasteiger partial charge in [-0.2, -0.15) is 11.3 Å². The zero-order chi connectivity index (χ0) is 10.5. The van der Waals surface area contributed by atoms with Gasteiger partial charge in [-0.05, 0) is 41.7 Å². The molecule has 1 fully saturated rings. The van der Waals surface area contributed by atoms with E-state index in [0.717, 1.165) is 31.4 Å². The van der Waals surface area contributed by atoms with Crippen molar-refractivity contribution in [1.82, 2.24) is 0 Å². The van der Waals surface area contributed by atoms with Crippen LogP contribution in [0.1, 0.15) is 31.2 Å². The highest BCUT2D eigenvalue weighted by Crippen LogP contribution is 2.17. The van der Waals surface area contributed by atoms with Crippen molar-refractivity contribution in [3.8, 4) is 0 Å². The van der Waals surface area contributed by atoms with Crippen LogP contribution in [0.2, 0.25) is 0 Å². The summed E-state index contributed by atoms with van der Waals surface area (Å²) in [7, 11) is 0. The summed E-state index contributed by atoms with van der Waals surface area (Å²) in [6.45, 7) is 0.878. The molecule has 0 bridgehead atoms. The topological polar surface area (TPSA) is 26.3 Å². The van der Waals surface area contributed by atoms with E-state index in [2.05, 4.69) is 0 Å². The number of rotatable bonds is 5. The normalized spacial score (nSPS) is 20.7. The first-order valence-electron chi connectivity index (χ1n) is 5.49. The predicted molar refractivity (Wildman–Crippen MR) is 61.2 cm³/mol. The summed E-state index contributed by atoms with van der Waals surface area (Å²) in [6, 6.07) is 2.02. The van der Waals surface area contributed by atoms with Crippen LogP contribution in [0.5, 0.6) is 0 Å². The Labute approximate surface area is 94.3 Å². The molecule has 0 radical (unpaired) electrons. The number of carbonyl (C=O) groups excluding carboxylic acids is 1. The highest BCUT2D eigenvalue weighted by Gasteiger charge is 2.16. The predicted octanol–water partition coefficient (Wildman–Crippen LogP) is 2.82. The molecule has 15 heavy (non-hydrogen) atoms. The minimum atomic E-state index is 0.337. The summed E-state index contributed by atoms with van der Waals surface area (Å²) >= 11 is 1.65. The molecule has 0 spiro atoms. The highest BCUT2D eigenvalue weighted by molar-refractivity contribution is 7.07. The van der Waals surface area contributed by atoms with Crippen LogP contribution in [-0.4, -0.2) is 18.5 Å². The third-order valence-electron chi connectivity index (χ3n) is 2.75. The number of hydrogen-bond acceptors (Lipinski definition) is 3. The van der Waals surface area contributed by atoms with E-state index in [1.165, 1.54) is 0 Å². The molecule has 0 N–H and O–H groups in total. The smallest absolute Gasteiger partial charge is 0.137 e. The summed E-state index contributed by atoms with van der Waals surface area (Å²) in [5.74, 6) is 0.337. The number of Topliss-reactive ketones (excluding diaryl/α,β-unsaturated/α-hetero) is 1. The van der Waals surface area contributed by atoms with Crippen LogP contribution >= 0.6 is 11.3 Å². The fourth-order valence-corrected chi connectivity index (χ4v) is 2.57. The van der Waals surface area contributed by atoms with Gasteiger partial charge in [-0.25, -0.2) is 0 Å². The van der Waals surface area contributed by atoms with Crippen LogP contribution in [0.15, 0.2) is 16.8 Å². The molecule has 3 heteroatoms. The molecule has 1 unspecified atom stereocenters. The van der Waals surface area contributed by atoms with Crippen molar-refractivity contribution >= 4 is 17.1 Å². The van der Waals surface area contributed by atoms with Gasteiger partial charge in [0.15, 0.2) is 0 Å². The van der Waals surface area contributed by atoms with Crippen molar-refractivity contribution in [2.75, 3.05) is 6.61 Å². The number of hydrogen-bond donors (Lipinski definition) is 0. The molecule has 0 aliphatic carbocycles. The lowest BCUT2D eigenvalue weighted by Gasteiger charge is -2.07. The monoisotopic (exact) mass is 224 g/mol. The Bertz CT molecular complexity index is 299. The second-order valence-corrected chi connectivity index (χ2v) is 4.80. The first kappa shape index (κ1) is 10.8. The standard InChI is InChI=1S/C12H16O2S/c13-11(8-10-5-7-15-9-10)3-4-12-2-1-6-14-12/h5,7,9,12H,1-4,6,8H2. The Kier molecular flexibility index (Phi) is 3.92. The Morgan fingerprint density at radius 2 is 2.53 bits per heavy atom. The van der Waals surface area contributed by atoms with E-state index >= 15 is 0 Å². The van der Waals surface area contributed by atoms with Gasteiger partial charge in [-0.15, -0.1) is 0 Å². The maximum Gasteiger partial charge on any atom is 0.137 e. The van der Waals surface area contributed by atoms with E-state index in [-0.39, 0.29) is 0 Å². The van der Waals surface area contributed by atoms with Crippen molar-refractivity contribution in [2.24, 2.45) is 0 Å². The molecule has 0 amide bonds. The van der Waals surface area contributed by atoms with Crippen LogP contribution in [0.3, 0.4) is 0 Å². The fraction of sp³-hybridized carbons (Fsp3) is 0.583. The summed E-state index contributed by atoms with van der Waals surface area (Å²) < 4.78 is 5.49. The van der Waals surface area contributed by atoms with Crippen molar-refractivity contribution < 1.29 is 9.53 Å². The van der Waals surface area contributed by atoms with Gasteiger partial charge >= 0.3 is 0 Å². The second kappa shape index (κ2) is 5.42. The molecule has 82 valence electrons. The number of ether oxygens (including phenoxy) is 1. The lowest BCUT2D eigenvalue weighted by atomic mass is 10.0. The average Bonchev–Trinajstić information content (AvgIpc) is 2.86. The SMILES string of the molecule is O=C(CCC1CCCO1)Cc1ccsc1. The van der Waals surface area contributed by atoms with Crippen molar-refractivity contribution in [3.05, 3.63) is 22.4 Å². The van der Waals surface area contributed by atoms with E-state index in [1.807, 2.05) is 16.8 Å². The number of thiophene rings is 1. The summed E-state index contributed by atoms with van der Waals surface area (Å²) in [4.78, 5) is 11.6. The van der Waals surface area contributed by atoms with Crippen LogP contribution in [0, 0.1) is 0 Å². The van der Waals surface area contributed by atoms with Crippen molar-refractivity contribution in [3.63, 3.8) is 0 Å². The third-order valence-corrected chi connectivity index (χ3v) is 3.48. The number of ketones is 1. The van der Waals surface area contributed by atoms with Gasteiger partial charge in [0.25, 0.3) is 0 Å². The van der Waals surface area contributed by atoms with Crippen LogP contribution in [0.25, 0.3) is 0 Å². The maximum atomic E-state index is 11.6. The lowest BCUT2D eigenvalue weighted by Crippen LogP contribution is -2.09. The van der Waals surface area contributed by atoms with Crippen LogP contribution in [0.4, 0.5) is 0 Å². The Balaban J connectivity index is 1.68. The molecule has 1 aromatic rings. The molecule has 1 saturated heterocycles.